The number of rotatable bonds is 6. The number of hydrogen-bond acceptors (Lipinski definition) is 4. The minimum absolute atomic E-state index is 0.0742. The molecule has 0 aromatic heterocycles. The Labute approximate surface area is 120 Å². The van der Waals surface area contributed by atoms with E-state index in [1.54, 1.807) is 0 Å². The van der Waals surface area contributed by atoms with Crippen molar-refractivity contribution in [3.05, 3.63) is 24.3 Å². The molecule has 1 rings (SSSR count). The highest BCUT2D eigenvalue weighted by Gasteiger charge is 2.23. The minimum atomic E-state index is -3.92. The van der Waals surface area contributed by atoms with E-state index in [0.29, 0.717) is 6.54 Å². The predicted octanol–water partition coefficient (Wildman–Crippen LogP) is 1.00. The Morgan fingerprint density at radius 2 is 1.75 bits per heavy atom. The first-order valence-electron chi connectivity index (χ1n) is 6.18. The molecule has 8 heteroatoms. The Bertz CT molecular complexity index is 668. The predicted molar refractivity (Wildman–Crippen MR) is 77.1 cm³/mol. The Morgan fingerprint density at radius 1 is 1.20 bits per heavy atom. The number of benzene rings is 1. The molecule has 6 nitrogen and oxygen atoms in total. The van der Waals surface area contributed by atoms with Gasteiger partial charge in [-0.25, -0.2) is 26.3 Å². The fraction of sp³-hybridized carbons (Fsp3) is 0.500. The van der Waals surface area contributed by atoms with Gasteiger partial charge in [-0.2, -0.15) is 0 Å². The van der Waals surface area contributed by atoms with Crippen molar-refractivity contribution >= 4 is 20.0 Å². The van der Waals surface area contributed by atoms with Gasteiger partial charge in [0.2, 0.25) is 20.0 Å². The third-order valence-corrected chi connectivity index (χ3v) is 5.84. The van der Waals surface area contributed by atoms with Gasteiger partial charge < -0.3 is 0 Å². The van der Waals surface area contributed by atoms with Crippen molar-refractivity contribution in [2.24, 2.45) is 11.1 Å². The molecule has 0 radical (unpaired) electrons. The molecule has 2 N–H and O–H groups in total. The molecule has 1 aromatic rings. The van der Waals surface area contributed by atoms with Crippen LogP contribution in [0, 0.1) is 5.92 Å². The maximum Gasteiger partial charge on any atom is 0.242 e. The summed E-state index contributed by atoms with van der Waals surface area (Å²) in [6.07, 6.45) is 0.858. The van der Waals surface area contributed by atoms with Crippen LogP contribution < -0.4 is 5.14 Å². The maximum absolute atomic E-state index is 12.4. The van der Waals surface area contributed by atoms with Crippen molar-refractivity contribution in [2.75, 3.05) is 13.6 Å². The van der Waals surface area contributed by atoms with E-state index in [0.717, 1.165) is 12.5 Å². The molecule has 0 spiro atoms. The Balaban J connectivity index is 3.16. The van der Waals surface area contributed by atoms with E-state index in [9.17, 15) is 16.8 Å². The van der Waals surface area contributed by atoms with E-state index in [-0.39, 0.29) is 15.7 Å². The SMILES string of the molecule is CCC(C)CN(C)S(=O)(=O)c1cccc(S(N)(=O)=O)c1. The molecule has 0 aliphatic rings. The smallest absolute Gasteiger partial charge is 0.225 e. The van der Waals surface area contributed by atoms with Crippen LogP contribution in [0.5, 0.6) is 0 Å². The summed E-state index contributed by atoms with van der Waals surface area (Å²) in [5.41, 5.74) is 0. The van der Waals surface area contributed by atoms with Crippen LogP contribution in [0.1, 0.15) is 20.3 Å². The highest BCUT2D eigenvalue weighted by atomic mass is 32.2. The van der Waals surface area contributed by atoms with Crippen molar-refractivity contribution in [1.82, 2.24) is 4.31 Å². The molecule has 0 aliphatic carbocycles. The van der Waals surface area contributed by atoms with Gasteiger partial charge in [-0.15, -0.1) is 0 Å². The van der Waals surface area contributed by atoms with E-state index in [1.165, 1.54) is 29.6 Å². The number of sulfonamides is 2. The first-order valence-corrected chi connectivity index (χ1v) is 9.17. The molecule has 0 aliphatic heterocycles. The van der Waals surface area contributed by atoms with Gasteiger partial charge in [0.25, 0.3) is 0 Å². The summed E-state index contributed by atoms with van der Waals surface area (Å²) in [6, 6.07) is 5.07. The molecule has 0 saturated carbocycles. The summed E-state index contributed by atoms with van der Waals surface area (Å²) in [6.45, 7) is 4.30. The number of nitrogens with zero attached hydrogens (tertiary/aromatic N) is 1. The lowest BCUT2D eigenvalue weighted by molar-refractivity contribution is 0.393. The second-order valence-corrected chi connectivity index (χ2v) is 8.43. The lowest BCUT2D eigenvalue weighted by atomic mass is 10.1. The van der Waals surface area contributed by atoms with Crippen molar-refractivity contribution in [3.63, 3.8) is 0 Å². The van der Waals surface area contributed by atoms with Crippen LogP contribution in [-0.4, -0.2) is 34.7 Å². The van der Waals surface area contributed by atoms with Crippen LogP contribution >= 0.6 is 0 Å². The van der Waals surface area contributed by atoms with Crippen LogP contribution in [-0.2, 0) is 20.0 Å². The van der Waals surface area contributed by atoms with Crippen molar-refractivity contribution in [1.29, 1.82) is 0 Å². The Hall–Kier alpha value is -0.960. The third kappa shape index (κ3) is 4.02. The summed E-state index contributed by atoms with van der Waals surface area (Å²) in [5.74, 6) is 0.219. The summed E-state index contributed by atoms with van der Waals surface area (Å²) in [7, 11) is -6.16. The van der Waals surface area contributed by atoms with Crippen LogP contribution in [0.3, 0.4) is 0 Å². The second kappa shape index (κ2) is 6.21. The highest BCUT2D eigenvalue weighted by Crippen LogP contribution is 2.19. The van der Waals surface area contributed by atoms with Crippen LogP contribution in [0.4, 0.5) is 0 Å². The summed E-state index contributed by atoms with van der Waals surface area (Å²) < 4.78 is 48.5. The van der Waals surface area contributed by atoms with Crippen LogP contribution in [0.15, 0.2) is 34.1 Å². The molecular weight excluding hydrogens is 300 g/mol. The zero-order valence-corrected chi connectivity index (χ0v) is 13.4. The molecule has 1 unspecified atom stereocenters. The zero-order valence-electron chi connectivity index (χ0n) is 11.8. The standard InChI is InChI=1S/C12H20N2O4S2/c1-4-10(2)9-14(3)20(17,18)12-7-5-6-11(8-12)19(13,15)16/h5-8,10H,4,9H2,1-3H3,(H2,13,15,16). The normalized spacial score (nSPS) is 14.4. The van der Waals surface area contributed by atoms with Crippen LogP contribution in [0.25, 0.3) is 0 Å². The molecule has 1 aromatic carbocycles. The van der Waals surface area contributed by atoms with Gasteiger partial charge in [-0.05, 0) is 24.1 Å². The molecule has 0 heterocycles. The summed E-state index contributed by atoms with van der Waals surface area (Å²) in [5, 5.41) is 5.01. The molecule has 0 amide bonds. The Morgan fingerprint density at radius 3 is 2.25 bits per heavy atom. The fourth-order valence-corrected chi connectivity index (χ4v) is 3.63. The summed E-state index contributed by atoms with van der Waals surface area (Å²) >= 11 is 0. The van der Waals surface area contributed by atoms with Gasteiger partial charge in [-0.3, -0.25) is 0 Å². The average molecular weight is 320 g/mol. The van der Waals surface area contributed by atoms with Crippen molar-refractivity contribution in [3.8, 4) is 0 Å². The number of hydrogen-bond donors (Lipinski definition) is 1. The van der Waals surface area contributed by atoms with Gasteiger partial charge in [0.05, 0.1) is 9.79 Å². The van der Waals surface area contributed by atoms with E-state index in [4.69, 9.17) is 5.14 Å². The minimum Gasteiger partial charge on any atom is -0.225 e. The van der Waals surface area contributed by atoms with Gasteiger partial charge in [0.15, 0.2) is 0 Å². The van der Waals surface area contributed by atoms with Gasteiger partial charge >= 0.3 is 0 Å². The molecular formula is C12H20N2O4S2. The quantitative estimate of drug-likeness (QED) is 0.845. The first-order chi connectivity index (χ1) is 9.09. The summed E-state index contributed by atoms with van der Waals surface area (Å²) in [4.78, 5) is -0.287. The molecule has 1 atom stereocenters. The van der Waals surface area contributed by atoms with Gasteiger partial charge in [0.1, 0.15) is 0 Å². The topological polar surface area (TPSA) is 97.5 Å². The highest BCUT2D eigenvalue weighted by molar-refractivity contribution is 7.90. The first kappa shape index (κ1) is 17.1. The number of primary sulfonamides is 1. The largest absolute Gasteiger partial charge is 0.242 e. The van der Waals surface area contributed by atoms with E-state index >= 15 is 0 Å². The monoisotopic (exact) mass is 320 g/mol. The van der Waals surface area contributed by atoms with E-state index < -0.39 is 20.0 Å². The molecule has 114 valence electrons. The molecule has 0 saturated heterocycles. The lowest BCUT2D eigenvalue weighted by Gasteiger charge is -2.20. The molecule has 20 heavy (non-hydrogen) atoms. The molecule has 0 fully saturated rings. The van der Waals surface area contributed by atoms with Gasteiger partial charge in [-0.1, -0.05) is 26.3 Å². The van der Waals surface area contributed by atoms with Crippen molar-refractivity contribution in [2.45, 2.75) is 30.1 Å². The Kier molecular flexibility index (Phi) is 5.31. The van der Waals surface area contributed by atoms with Crippen LogP contribution in [0.2, 0.25) is 0 Å². The van der Waals surface area contributed by atoms with Gasteiger partial charge in [0, 0.05) is 13.6 Å². The van der Waals surface area contributed by atoms with E-state index in [2.05, 4.69) is 0 Å². The van der Waals surface area contributed by atoms with E-state index in [1.807, 2.05) is 13.8 Å². The maximum atomic E-state index is 12.4. The lowest BCUT2D eigenvalue weighted by Crippen LogP contribution is -2.31. The van der Waals surface area contributed by atoms with Crippen molar-refractivity contribution < 1.29 is 16.8 Å². The zero-order chi connectivity index (χ0) is 15.6. The average Bonchev–Trinajstić information content (AvgIpc) is 2.37. The second-order valence-electron chi connectivity index (χ2n) is 4.82. The number of nitrogens with two attached hydrogens (primary N) is 1. The third-order valence-electron chi connectivity index (χ3n) is 3.11. The fourth-order valence-electron chi connectivity index (χ4n) is 1.66. The molecule has 0 bridgehead atoms.